The van der Waals surface area contributed by atoms with Crippen LogP contribution in [-0.4, -0.2) is 23.0 Å². The van der Waals surface area contributed by atoms with E-state index in [0.29, 0.717) is 0 Å². The molecule has 0 aromatic heterocycles. The minimum Gasteiger partial charge on any atom is -0.480 e. The number of halogens is 1. The van der Waals surface area contributed by atoms with E-state index in [4.69, 9.17) is 10.8 Å². The topological polar surface area (TPSA) is 92.4 Å². The maximum absolute atomic E-state index is 13.2. The van der Waals surface area contributed by atoms with Crippen molar-refractivity contribution in [3.8, 4) is 0 Å². The molecule has 0 unspecified atom stereocenters. The molecular weight excluding hydrogens is 239 g/mol. The van der Waals surface area contributed by atoms with E-state index in [1.54, 1.807) is 13.8 Å². The fourth-order valence-electron chi connectivity index (χ4n) is 1.41. The van der Waals surface area contributed by atoms with Crippen molar-refractivity contribution in [2.75, 3.05) is 5.73 Å². The Morgan fingerprint density at radius 3 is 2.44 bits per heavy atom. The Balaban J connectivity index is 2.87. The van der Waals surface area contributed by atoms with Gasteiger partial charge in [-0.25, -0.2) is 9.18 Å². The molecule has 98 valence electrons. The Bertz CT molecular complexity index is 474. The number of rotatable bonds is 4. The summed E-state index contributed by atoms with van der Waals surface area (Å²) in [7, 11) is 0. The Morgan fingerprint density at radius 1 is 1.39 bits per heavy atom. The minimum absolute atomic E-state index is 0.0357. The van der Waals surface area contributed by atoms with Crippen LogP contribution in [0.1, 0.15) is 24.2 Å². The molecule has 0 fully saturated rings. The maximum atomic E-state index is 13.2. The normalized spacial score (nSPS) is 12.2. The van der Waals surface area contributed by atoms with Crippen molar-refractivity contribution >= 4 is 17.6 Å². The van der Waals surface area contributed by atoms with Gasteiger partial charge in [0.1, 0.15) is 11.9 Å². The number of anilines is 1. The van der Waals surface area contributed by atoms with Crippen LogP contribution in [-0.2, 0) is 4.79 Å². The molecule has 0 radical (unpaired) electrons. The van der Waals surface area contributed by atoms with Crippen LogP contribution in [0.2, 0.25) is 0 Å². The van der Waals surface area contributed by atoms with E-state index < -0.39 is 23.7 Å². The first-order valence-corrected chi connectivity index (χ1v) is 5.41. The molecule has 1 rings (SSSR count). The molecule has 0 aliphatic rings. The summed E-state index contributed by atoms with van der Waals surface area (Å²) in [6, 6.07) is 2.56. The predicted octanol–water partition coefficient (Wildman–Crippen LogP) is 1.25. The second-order valence-electron chi connectivity index (χ2n) is 4.27. The molecule has 1 aromatic carbocycles. The van der Waals surface area contributed by atoms with Crippen LogP contribution in [0.15, 0.2) is 18.2 Å². The van der Waals surface area contributed by atoms with Crippen molar-refractivity contribution < 1.29 is 19.1 Å². The Morgan fingerprint density at radius 2 is 2.00 bits per heavy atom. The van der Waals surface area contributed by atoms with E-state index in [1.165, 1.54) is 12.1 Å². The Kier molecular flexibility index (Phi) is 4.25. The van der Waals surface area contributed by atoms with Gasteiger partial charge in [-0.05, 0) is 24.1 Å². The number of carboxylic acid groups (broad SMARTS) is 1. The van der Waals surface area contributed by atoms with E-state index in [-0.39, 0.29) is 17.2 Å². The maximum Gasteiger partial charge on any atom is 0.326 e. The van der Waals surface area contributed by atoms with Gasteiger partial charge in [0, 0.05) is 5.56 Å². The third-order valence-corrected chi connectivity index (χ3v) is 2.48. The van der Waals surface area contributed by atoms with E-state index in [1.807, 2.05) is 0 Å². The van der Waals surface area contributed by atoms with Gasteiger partial charge in [0.05, 0.1) is 5.69 Å². The number of hydrogen-bond donors (Lipinski definition) is 3. The number of nitrogen functional groups attached to an aromatic ring is 1. The number of carbonyl (C=O) groups excluding carboxylic acids is 1. The number of carboxylic acids is 1. The first kappa shape index (κ1) is 14.0. The van der Waals surface area contributed by atoms with Crippen molar-refractivity contribution in [1.29, 1.82) is 0 Å². The molecule has 18 heavy (non-hydrogen) atoms. The van der Waals surface area contributed by atoms with Crippen molar-refractivity contribution in [3.63, 3.8) is 0 Å². The monoisotopic (exact) mass is 254 g/mol. The zero-order chi connectivity index (χ0) is 13.9. The highest BCUT2D eigenvalue weighted by atomic mass is 19.1. The SMILES string of the molecule is CC(C)[C@H](NC(=O)c1ccc(N)c(F)c1)C(=O)O. The fraction of sp³-hybridized carbons (Fsp3) is 0.333. The number of benzene rings is 1. The third-order valence-electron chi connectivity index (χ3n) is 2.48. The van der Waals surface area contributed by atoms with Crippen molar-refractivity contribution in [2.45, 2.75) is 19.9 Å². The van der Waals surface area contributed by atoms with Crippen LogP contribution in [0.25, 0.3) is 0 Å². The van der Waals surface area contributed by atoms with Gasteiger partial charge < -0.3 is 16.2 Å². The molecule has 1 amide bonds. The second kappa shape index (κ2) is 5.48. The minimum atomic E-state index is -1.13. The van der Waals surface area contributed by atoms with Crippen LogP contribution in [0.5, 0.6) is 0 Å². The zero-order valence-electron chi connectivity index (χ0n) is 10.1. The summed E-state index contributed by atoms with van der Waals surface area (Å²) < 4.78 is 13.2. The van der Waals surface area contributed by atoms with Crippen molar-refractivity contribution in [3.05, 3.63) is 29.6 Å². The quantitative estimate of drug-likeness (QED) is 0.705. The van der Waals surface area contributed by atoms with Crippen LogP contribution >= 0.6 is 0 Å². The first-order chi connectivity index (χ1) is 8.32. The largest absolute Gasteiger partial charge is 0.480 e. The lowest BCUT2D eigenvalue weighted by atomic mass is 10.0. The molecule has 0 spiro atoms. The average Bonchev–Trinajstić information content (AvgIpc) is 2.28. The second-order valence-corrected chi connectivity index (χ2v) is 4.27. The van der Waals surface area contributed by atoms with Crippen molar-refractivity contribution in [1.82, 2.24) is 5.32 Å². The van der Waals surface area contributed by atoms with Crippen LogP contribution in [0.3, 0.4) is 0 Å². The Labute approximate surface area is 104 Å². The summed E-state index contributed by atoms with van der Waals surface area (Å²) in [6.07, 6.45) is 0. The molecule has 0 aliphatic carbocycles. The standard InChI is InChI=1S/C12H15FN2O3/c1-6(2)10(12(17)18)15-11(16)7-3-4-9(14)8(13)5-7/h3-6,10H,14H2,1-2H3,(H,15,16)(H,17,18)/t10-/m0/s1. The fourth-order valence-corrected chi connectivity index (χ4v) is 1.41. The summed E-state index contributed by atoms with van der Waals surface area (Å²) in [5.74, 6) is -2.76. The molecular formula is C12H15FN2O3. The summed E-state index contributed by atoms with van der Waals surface area (Å²) in [5, 5.41) is 11.3. The van der Waals surface area contributed by atoms with Gasteiger partial charge >= 0.3 is 5.97 Å². The third kappa shape index (κ3) is 3.19. The molecule has 0 saturated carbocycles. The molecule has 1 atom stereocenters. The Hall–Kier alpha value is -2.11. The van der Waals surface area contributed by atoms with Crippen LogP contribution in [0, 0.1) is 11.7 Å². The highest BCUT2D eigenvalue weighted by Gasteiger charge is 2.24. The molecule has 6 heteroatoms. The summed E-state index contributed by atoms with van der Waals surface area (Å²) >= 11 is 0. The number of nitrogens with two attached hydrogens (primary N) is 1. The highest BCUT2D eigenvalue weighted by molar-refractivity contribution is 5.96. The molecule has 5 nitrogen and oxygen atoms in total. The summed E-state index contributed by atoms with van der Waals surface area (Å²) in [5.41, 5.74) is 5.26. The molecule has 1 aromatic rings. The zero-order valence-corrected chi connectivity index (χ0v) is 10.1. The molecule has 0 aliphatic heterocycles. The predicted molar refractivity (Wildman–Crippen MR) is 64.5 cm³/mol. The van der Waals surface area contributed by atoms with Crippen LogP contribution in [0.4, 0.5) is 10.1 Å². The summed E-state index contributed by atoms with van der Waals surface area (Å²) in [6.45, 7) is 3.34. The average molecular weight is 254 g/mol. The van der Waals surface area contributed by atoms with Gasteiger partial charge in [0.25, 0.3) is 5.91 Å². The molecule has 0 heterocycles. The van der Waals surface area contributed by atoms with Crippen molar-refractivity contribution in [2.24, 2.45) is 5.92 Å². The van der Waals surface area contributed by atoms with Gasteiger partial charge in [0.15, 0.2) is 0 Å². The lowest BCUT2D eigenvalue weighted by Gasteiger charge is -2.17. The van der Waals surface area contributed by atoms with Gasteiger partial charge in [0.2, 0.25) is 0 Å². The lowest BCUT2D eigenvalue weighted by molar-refractivity contribution is -0.140. The van der Waals surface area contributed by atoms with E-state index >= 15 is 0 Å². The molecule has 0 saturated heterocycles. The van der Waals surface area contributed by atoms with Gasteiger partial charge in [-0.1, -0.05) is 13.8 Å². The van der Waals surface area contributed by atoms with Crippen LogP contribution < -0.4 is 11.1 Å². The number of amides is 1. The van der Waals surface area contributed by atoms with E-state index in [0.717, 1.165) is 6.07 Å². The highest BCUT2D eigenvalue weighted by Crippen LogP contribution is 2.12. The number of nitrogens with one attached hydrogen (secondary N) is 1. The molecule has 0 bridgehead atoms. The van der Waals surface area contributed by atoms with Gasteiger partial charge in [-0.15, -0.1) is 0 Å². The number of aliphatic carboxylic acids is 1. The van der Waals surface area contributed by atoms with E-state index in [2.05, 4.69) is 5.32 Å². The summed E-state index contributed by atoms with van der Waals surface area (Å²) in [4.78, 5) is 22.7. The van der Waals surface area contributed by atoms with E-state index in [9.17, 15) is 14.0 Å². The number of carbonyl (C=O) groups is 2. The number of hydrogen-bond acceptors (Lipinski definition) is 3. The lowest BCUT2D eigenvalue weighted by Crippen LogP contribution is -2.44. The first-order valence-electron chi connectivity index (χ1n) is 5.41. The van der Waals surface area contributed by atoms with Gasteiger partial charge in [-0.2, -0.15) is 0 Å². The smallest absolute Gasteiger partial charge is 0.326 e. The molecule has 4 N–H and O–H groups in total. The van der Waals surface area contributed by atoms with Gasteiger partial charge in [-0.3, -0.25) is 4.79 Å².